The molecule has 4 aromatic rings. The smallest absolute Gasteiger partial charge is 0.323 e. The Hall–Kier alpha value is -3.37. The van der Waals surface area contributed by atoms with Crippen molar-refractivity contribution in [2.75, 3.05) is 7.11 Å². The van der Waals surface area contributed by atoms with Crippen LogP contribution in [0.5, 0.6) is 0 Å². The highest BCUT2D eigenvalue weighted by molar-refractivity contribution is 5.90. The molecular formula is C27H26N2O2. The van der Waals surface area contributed by atoms with E-state index in [0.717, 1.165) is 27.7 Å². The summed E-state index contributed by atoms with van der Waals surface area (Å²) >= 11 is 0. The van der Waals surface area contributed by atoms with Crippen LogP contribution >= 0.6 is 0 Å². The Balaban J connectivity index is 1.91. The number of esters is 1. The van der Waals surface area contributed by atoms with Gasteiger partial charge in [-0.1, -0.05) is 79.2 Å². The number of aryl methyl sites for hydroxylation is 1. The van der Waals surface area contributed by atoms with Crippen molar-refractivity contribution in [1.82, 2.24) is 10.3 Å². The van der Waals surface area contributed by atoms with Gasteiger partial charge >= 0.3 is 5.97 Å². The van der Waals surface area contributed by atoms with Crippen LogP contribution in [0.2, 0.25) is 0 Å². The number of fused-ring (bicyclic) bond motifs is 3. The summed E-state index contributed by atoms with van der Waals surface area (Å²) < 4.78 is 5.24. The van der Waals surface area contributed by atoms with E-state index in [1.165, 1.54) is 18.2 Å². The maximum atomic E-state index is 13.0. The van der Waals surface area contributed by atoms with Gasteiger partial charge in [-0.2, -0.15) is 0 Å². The number of carbonyl (C=O) groups is 1. The first-order chi connectivity index (χ1) is 15.1. The zero-order valence-corrected chi connectivity index (χ0v) is 18.0. The number of aromatic amines is 1. The van der Waals surface area contributed by atoms with Gasteiger partial charge < -0.3 is 9.72 Å². The van der Waals surface area contributed by atoms with Crippen molar-refractivity contribution >= 4 is 16.9 Å². The lowest BCUT2D eigenvalue weighted by atomic mass is 9.71. The van der Waals surface area contributed by atoms with E-state index in [1.54, 1.807) is 0 Å². The Bertz CT molecular complexity index is 1200. The molecule has 2 atom stereocenters. The van der Waals surface area contributed by atoms with E-state index >= 15 is 0 Å². The fraction of sp³-hybridized carbons (Fsp3) is 0.222. The summed E-state index contributed by atoms with van der Waals surface area (Å²) in [4.78, 5) is 16.7. The second-order valence-corrected chi connectivity index (χ2v) is 8.38. The van der Waals surface area contributed by atoms with Crippen LogP contribution in [0.4, 0.5) is 0 Å². The number of rotatable bonds is 3. The molecule has 5 rings (SSSR count). The largest absolute Gasteiger partial charge is 0.468 e. The molecular weight excluding hydrogens is 384 g/mol. The minimum Gasteiger partial charge on any atom is -0.468 e. The summed E-state index contributed by atoms with van der Waals surface area (Å²) in [6, 6.07) is 26.6. The third kappa shape index (κ3) is 2.90. The molecule has 2 heterocycles. The average Bonchev–Trinajstić information content (AvgIpc) is 3.20. The van der Waals surface area contributed by atoms with Gasteiger partial charge in [0.15, 0.2) is 0 Å². The summed E-state index contributed by atoms with van der Waals surface area (Å²) in [6.45, 7) is 4.20. The van der Waals surface area contributed by atoms with E-state index in [9.17, 15) is 4.79 Å². The maximum absolute atomic E-state index is 13.0. The zero-order valence-electron chi connectivity index (χ0n) is 18.0. The Kier molecular flexibility index (Phi) is 4.67. The molecule has 0 amide bonds. The van der Waals surface area contributed by atoms with E-state index in [2.05, 4.69) is 66.6 Å². The maximum Gasteiger partial charge on any atom is 0.323 e. The van der Waals surface area contributed by atoms with Gasteiger partial charge in [-0.05, 0) is 35.7 Å². The number of nitrogens with one attached hydrogen (secondary N) is 2. The van der Waals surface area contributed by atoms with E-state index in [0.29, 0.717) is 0 Å². The number of hydrogen-bond acceptors (Lipinski definition) is 3. The minimum atomic E-state index is -0.712. The Morgan fingerprint density at radius 3 is 2.13 bits per heavy atom. The van der Waals surface area contributed by atoms with Crippen molar-refractivity contribution in [3.8, 4) is 0 Å². The standard InChI is InChI=1S/C27H26N2O2/c1-17-14-15-22-21(16-17)23-18(2)24(26(30)31-3)29-27(25(23)28-22,19-10-6-4-7-11-19)20-12-8-5-9-13-20/h4-16,18,24,28-29H,1-3H3/t18-,24-/m1/s1. The average molecular weight is 411 g/mol. The highest BCUT2D eigenvalue weighted by atomic mass is 16.5. The molecule has 0 fully saturated rings. The number of aromatic nitrogens is 1. The Morgan fingerprint density at radius 2 is 1.55 bits per heavy atom. The van der Waals surface area contributed by atoms with Gasteiger partial charge in [-0.25, -0.2) is 0 Å². The molecule has 1 aromatic heterocycles. The molecule has 4 heteroatoms. The third-order valence-electron chi connectivity index (χ3n) is 6.57. The molecule has 31 heavy (non-hydrogen) atoms. The molecule has 0 bridgehead atoms. The van der Waals surface area contributed by atoms with Crippen LogP contribution in [0.1, 0.15) is 40.8 Å². The molecule has 156 valence electrons. The Labute approximate surface area is 182 Å². The zero-order chi connectivity index (χ0) is 21.6. The van der Waals surface area contributed by atoms with Crippen LogP contribution in [0, 0.1) is 6.92 Å². The fourth-order valence-corrected chi connectivity index (χ4v) is 5.08. The van der Waals surface area contributed by atoms with Crippen LogP contribution in [0.3, 0.4) is 0 Å². The summed E-state index contributed by atoms with van der Waals surface area (Å²) in [6.07, 6.45) is 0. The van der Waals surface area contributed by atoms with Gasteiger partial charge in [-0.3, -0.25) is 10.1 Å². The second-order valence-electron chi connectivity index (χ2n) is 8.38. The highest BCUT2D eigenvalue weighted by Crippen LogP contribution is 2.47. The number of carbonyl (C=O) groups excluding carboxylic acids is 1. The summed E-state index contributed by atoms with van der Waals surface area (Å²) in [5.74, 6) is -0.310. The molecule has 0 saturated heterocycles. The lowest BCUT2D eigenvalue weighted by Crippen LogP contribution is -2.58. The lowest BCUT2D eigenvalue weighted by molar-refractivity contribution is -0.144. The molecule has 0 aliphatic carbocycles. The number of benzene rings is 3. The number of ether oxygens (including phenoxy) is 1. The van der Waals surface area contributed by atoms with Crippen molar-refractivity contribution < 1.29 is 9.53 Å². The molecule has 3 aromatic carbocycles. The van der Waals surface area contributed by atoms with Crippen molar-refractivity contribution in [3.05, 3.63) is 107 Å². The first-order valence-corrected chi connectivity index (χ1v) is 10.7. The summed E-state index contributed by atoms with van der Waals surface area (Å²) in [7, 11) is 1.46. The van der Waals surface area contributed by atoms with Gasteiger partial charge in [0.05, 0.1) is 7.11 Å². The molecule has 0 unspecified atom stereocenters. The van der Waals surface area contributed by atoms with E-state index in [4.69, 9.17) is 4.74 Å². The number of hydrogen-bond donors (Lipinski definition) is 2. The quantitative estimate of drug-likeness (QED) is 0.467. The molecule has 0 spiro atoms. The van der Waals surface area contributed by atoms with Crippen molar-refractivity contribution in [2.24, 2.45) is 0 Å². The Morgan fingerprint density at radius 1 is 0.935 bits per heavy atom. The van der Waals surface area contributed by atoms with E-state index in [-0.39, 0.29) is 11.9 Å². The topological polar surface area (TPSA) is 54.1 Å². The predicted octanol–water partition coefficient (Wildman–Crippen LogP) is 5.02. The highest BCUT2D eigenvalue weighted by Gasteiger charge is 2.49. The van der Waals surface area contributed by atoms with Gasteiger partial charge in [0.2, 0.25) is 0 Å². The molecule has 0 radical (unpaired) electrons. The molecule has 2 N–H and O–H groups in total. The minimum absolute atomic E-state index is 0.0569. The van der Waals surface area contributed by atoms with Crippen LogP contribution < -0.4 is 5.32 Å². The van der Waals surface area contributed by atoms with E-state index in [1.807, 2.05) is 36.4 Å². The fourth-order valence-electron chi connectivity index (χ4n) is 5.08. The van der Waals surface area contributed by atoms with Crippen molar-refractivity contribution in [3.63, 3.8) is 0 Å². The molecule has 0 saturated carbocycles. The van der Waals surface area contributed by atoms with Gasteiger partial charge in [0.25, 0.3) is 0 Å². The SMILES string of the molecule is COC(=O)[C@@H]1NC(c2ccccc2)(c2ccccc2)c2[nH]c3ccc(C)cc3c2[C@H]1C. The van der Waals surface area contributed by atoms with Crippen molar-refractivity contribution in [1.29, 1.82) is 0 Å². The normalized spacial score (nSPS) is 19.7. The number of methoxy groups -OCH3 is 1. The monoisotopic (exact) mass is 410 g/mol. The predicted molar refractivity (Wildman–Crippen MR) is 123 cm³/mol. The van der Waals surface area contributed by atoms with Crippen LogP contribution in [0.25, 0.3) is 10.9 Å². The van der Waals surface area contributed by atoms with Gasteiger partial charge in [0, 0.05) is 22.5 Å². The van der Waals surface area contributed by atoms with Gasteiger partial charge in [0.1, 0.15) is 11.6 Å². The van der Waals surface area contributed by atoms with Gasteiger partial charge in [-0.15, -0.1) is 0 Å². The first kappa shape index (κ1) is 19.6. The second kappa shape index (κ2) is 7.40. The van der Waals surface area contributed by atoms with Crippen molar-refractivity contribution in [2.45, 2.75) is 31.3 Å². The third-order valence-corrected chi connectivity index (χ3v) is 6.57. The molecule has 1 aliphatic heterocycles. The summed E-state index contributed by atoms with van der Waals surface area (Å²) in [5, 5.41) is 4.89. The van der Waals surface area contributed by atoms with Crippen LogP contribution in [0.15, 0.2) is 78.9 Å². The molecule has 1 aliphatic rings. The first-order valence-electron chi connectivity index (χ1n) is 10.7. The molecule has 4 nitrogen and oxygen atoms in total. The van der Waals surface area contributed by atoms with Crippen LogP contribution in [-0.4, -0.2) is 24.1 Å². The lowest BCUT2D eigenvalue weighted by Gasteiger charge is -2.45. The van der Waals surface area contributed by atoms with E-state index < -0.39 is 11.6 Å². The van der Waals surface area contributed by atoms with Crippen LogP contribution in [-0.2, 0) is 15.1 Å². The number of H-pyrrole nitrogens is 1. The summed E-state index contributed by atoms with van der Waals surface area (Å²) in [5.41, 5.74) is 5.96.